The van der Waals surface area contributed by atoms with Crippen molar-refractivity contribution in [2.24, 2.45) is 0 Å². The third-order valence-corrected chi connectivity index (χ3v) is 3.26. The number of carbonyl (C=O) groups is 1. The number of rotatable bonds is 4. The van der Waals surface area contributed by atoms with Gasteiger partial charge >= 0.3 is 0 Å². The van der Waals surface area contributed by atoms with E-state index in [0.29, 0.717) is 11.9 Å². The van der Waals surface area contributed by atoms with Gasteiger partial charge < -0.3 is 4.90 Å². The molecule has 1 saturated carbocycles. The van der Waals surface area contributed by atoms with E-state index >= 15 is 0 Å². The molecule has 0 radical (unpaired) electrons. The minimum absolute atomic E-state index is 0.346. The number of hydrogen-bond acceptors (Lipinski definition) is 1. The van der Waals surface area contributed by atoms with Crippen molar-refractivity contribution in [1.82, 2.24) is 4.90 Å². The Morgan fingerprint density at radius 2 is 1.93 bits per heavy atom. The lowest BCUT2D eigenvalue weighted by Crippen LogP contribution is -2.38. The summed E-state index contributed by atoms with van der Waals surface area (Å²) in [7, 11) is 1.98. The van der Waals surface area contributed by atoms with E-state index in [1.54, 1.807) is 0 Å². The molecule has 1 aliphatic rings. The molecule has 0 aromatic carbocycles. The smallest absolute Gasteiger partial charge is 0.222 e. The average Bonchev–Trinajstić information content (AvgIpc) is 2.26. The first-order valence-corrected chi connectivity index (χ1v) is 6.01. The van der Waals surface area contributed by atoms with Gasteiger partial charge in [-0.2, -0.15) is 0 Å². The van der Waals surface area contributed by atoms with Gasteiger partial charge in [-0.3, -0.25) is 4.79 Å². The molecular formula is C12H23NO. The second kappa shape index (κ2) is 6.05. The van der Waals surface area contributed by atoms with Crippen LogP contribution in [0.15, 0.2) is 0 Å². The van der Waals surface area contributed by atoms with Crippen molar-refractivity contribution in [1.29, 1.82) is 0 Å². The van der Waals surface area contributed by atoms with Crippen LogP contribution in [0.5, 0.6) is 0 Å². The van der Waals surface area contributed by atoms with Crippen molar-refractivity contribution in [3.05, 3.63) is 0 Å². The van der Waals surface area contributed by atoms with Crippen LogP contribution in [0.25, 0.3) is 0 Å². The standard InChI is InChI=1S/C12H23NO/c1-3-4-10-12(14)13(2)11-8-6-5-7-9-11/h11H,3-10H2,1-2H3. The molecule has 0 bridgehead atoms. The lowest BCUT2D eigenvalue weighted by Gasteiger charge is -2.31. The lowest BCUT2D eigenvalue weighted by molar-refractivity contribution is -0.132. The van der Waals surface area contributed by atoms with Crippen molar-refractivity contribution in [3.8, 4) is 0 Å². The molecule has 0 spiro atoms. The maximum absolute atomic E-state index is 11.7. The number of unbranched alkanes of at least 4 members (excludes halogenated alkanes) is 1. The first-order chi connectivity index (χ1) is 6.75. The van der Waals surface area contributed by atoms with Crippen LogP contribution in [0.3, 0.4) is 0 Å². The summed E-state index contributed by atoms with van der Waals surface area (Å²) in [6, 6.07) is 0.535. The molecule has 0 N–H and O–H groups in total. The van der Waals surface area contributed by atoms with Gasteiger partial charge in [-0.1, -0.05) is 32.6 Å². The Balaban J connectivity index is 2.30. The Morgan fingerprint density at radius 1 is 1.29 bits per heavy atom. The molecule has 1 amide bonds. The highest BCUT2D eigenvalue weighted by molar-refractivity contribution is 5.76. The quantitative estimate of drug-likeness (QED) is 0.678. The van der Waals surface area contributed by atoms with Gasteiger partial charge in [-0.15, -0.1) is 0 Å². The van der Waals surface area contributed by atoms with Gasteiger partial charge in [0.1, 0.15) is 0 Å². The van der Waals surface area contributed by atoms with Crippen molar-refractivity contribution < 1.29 is 4.79 Å². The predicted molar refractivity (Wildman–Crippen MR) is 59.2 cm³/mol. The van der Waals surface area contributed by atoms with E-state index in [1.807, 2.05) is 11.9 Å². The van der Waals surface area contributed by atoms with E-state index in [0.717, 1.165) is 19.3 Å². The molecule has 0 unspecified atom stereocenters. The highest BCUT2D eigenvalue weighted by Crippen LogP contribution is 2.22. The highest BCUT2D eigenvalue weighted by Gasteiger charge is 2.21. The van der Waals surface area contributed by atoms with Gasteiger partial charge in [0, 0.05) is 19.5 Å². The number of nitrogens with zero attached hydrogens (tertiary/aromatic N) is 1. The number of hydrogen-bond donors (Lipinski definition) is 0. The summed E-state index contributed by atoms with van der Waals surface area (Å²) in [5, 5.41) is 0. The zero-order valence-electron chi connectivity index (χ0n) is 9.59. The van der Waals surface area contributed by atoms with E-state index in [9.17, 15) is 4.79 Å². The summed E-state index contributed by atoms with van der Waals surface area (Å²) in [5.41, 5.74) is 0. The first kappa shape index (κ1) is 11.5. The minimum atomic E-state index is 0.346. The predicted octanol–water partition coefficient (Wildman–Crippen LogP) is 2.97. The topological polar surface area (TPSA) is 20.3 Å². The van der Waals surface area contributed by atoms with Crippen molar-refractivity contribution >= 4 is 5.91 Å². The van der Waals surface area contributed by atoms with E-state index in [-0.39, 0.29) is 0 Å². The second-order valence-electron chi connectivity index (χ2n) is 4.40. The molecule has 0 aromatic rings. The Bertz CT molecular complexity index is 173. The molecule has 1 aliphatic carbocycles. The van der Waals surface area contributed by atoms with Crippen LogP contribution in [-0.2, 0) is 4.79 Å². The summed E-state index contributed by atoms with van der Waals surface area (Å²) < 4.78 is 0. The van der Waals surface area contributed by atoms with Crippen LogP contribution in [0.4, 0.5) is 0 Å². The van der Waals surface area contributed by atoms with Crippen molar-refractivity contribution in [2.45, 2.75) is 64.3 Å². The molecule has 0 atom stereocenters. The van der Waals surface area contributed by atoms with Gasteiger partial charge in [0.05, 0.1) is 0 Å². The summed E-state index contributed by atoms with van der Waals surface area (Å²) >= 11 is 0. The van der Waals surface area contributed by atoms with Crippen LogP contribution in [0.2, 0.25) is 0 Å². The maximum atomic E-state index is 11.7. The molecule has 2 heteroatoms. The monoisotopic (exact) mass is 197 g/mol. The summed E-state index contributed by atoms with van der Waals surface area (Å²) in [5.74, 6) is 0.346. The minimum Gasteiger partial charge on any atom is -0.343 e. The molecule has 1 fully saturated rings. The Kier molecular flexibility index (Phi) is 4.99. The fourth-order valence-corrected chi connectivity index (χ4v) is 2.18. The third-order valence-electron chi connectivity index (χ3n) is 3.26. The largest absolute Gasteiger partial charge is 0.343 e. The van der Waals surface area contributed by atoms with E-state index < -0.39 is 0 Å². The maximum Gasteiger partial charge on any atom is 0.222 e. The highest BCUT2D eigenvalue weighted by atomic mass is 16.2. The molecule has 14 heavy (non-hydrogen) atoms. The van der Waals surface area contributed by atoms with Crippen molar-refractivity contribution in [3.63, 3.8) is 0 Å². The molecular weight excluding hydrogens is 174 g/mol. The van der Waals surface area contributed by atoms with Gasteiger partial charge in [0.2, 0.25) is 5.91 Å². The average molecular weight is 197 g/mol. The van der Waals surface area contributed by atoms with E-state index in [4.69, 9.17) is 0 Å². The molecule has 0 aromatic heterocycles. The van der Waals surface area contributed by atoms with E-state index in [1.165, 1.54) is 32.1 Å². The normalized spacial score (nSPS) is 18.1. The molecule has 82 valence electrons. The third kappa shape index (κ3) is 3.32. The first-order valence-electron chi connectivity index (χ1n) is 6.01. The molecule has 1 rings (SSSR count). The number of amides is 1. The van der Waals surface area contributed by atoms with Gasteiger partial charge in [0.15, 0.2) is 0 Å². The zero-order valence-corrected chi connectivity index (χ0v) is 9.59. The summed E-state index contributed by atoms with van der Waals surface area (Å²) in [6.07, 6.45) is 9.28. The second-order valence-corrected chi connectivity index (χ2v) is 4.40. The van der Waals surface area contributed by atoms with Gasteiger partial charge in [0.25, 0.3) is 0 Å². The van der Waals surface area contributed by atoms with Crippen LogP contribution in [0.1, 0.15) is 58.3 Å². The number of carbonyl (C=O) groups excluding carboxylic acids is 1. The zero-order chi connectivity index (χ0) is 10.4. The van der Waals surface area contributed by atoms with Crippen LogP contribution in [0, 0.1) is 0 Å². The molecule has 2 nitrogen and oxygen atoms in total. The van der Waals surface area contributed by atoms with E-state index in [2.05, 4.69) is 6.92 Å². The van der Waals surface area contributed by atoms with Crippen LogP contribution >= 0.6 is 0 Å². The molecule has 0 aliphatic heterocycles. The van der Waals surface area contributed by atoms with Crippen LogP contribution in [-0.4, -0.2) is 23.9 Å². The van der Waals surface area contributed by atoms with Crippen molar-refractivity contribution in [2.75, 3.05) is 7.05 Å². The fourth-order valence-electron chi connectivity index (χ4n) is 2.18. The Hall–Kier alpha value is -0.530. The Morgan fingerprint density at radius 3 is 2.50 bits per heavy atom. The molecule has 0 heterocycles. The SMILES string of the molecule is CCCCC(=O)N(C)C1CCCCC1. The lowest BCUT2D eigenvalue weighted by atomic mass is 9.94. The fraction of sp³-hybridized carbons (Fsp3) is 0.917. The summed E-state index contributed by atoms with van der Waals surface area (Å²) in [4.78, 5) is 13.7. The van der Waals surface area contributed by atoms with Gasteiger partial charge in [-0.25, -0.2) is 0 Å². The molecule has 0 saturated heterocycles. The Labute approximate surface area is 87.7 Å². The summed E-state index contributed by atoms with van der Waals surface area (Å²) in [6.45, 7) is 2.13. The van der Waals surface area contributed by atoms with Gasteiger partial charge in [-0.05, 0) is 19.3 Å². The van der Waals surface area contributed by atoms with Crippen LogP contribution < -0.4 is 0 Å².